The molecule has 14 nitrogen and oxygen atoms in total. The van der Waals surface area contributed by atoms with E-state index in [1.807, 2.05) is 38.4 Å². The number of hydrogen-bond donors (Lipinski definition) is 1. The highest BCUT2D eigenvalue weighted by molar-refractivity contribution is 7.57. The topological polar surface area (TPSA) is 164 Å². The second-order valence-electron chi connectivity index (χ2n) is 8.80. The molecule has 16 heteroatoms. The van der Waals surface area contributed by atoms with E-state index in [1.165, 1.54) is 50.1 Å². The van der Waals surface area contributed by atoms with E-state index >= 15 is 0 Å². The zero-order chi connectivity index (χ0) is 30.1. The molecule has 0 amide bonds. The monoisotopic (exact) mass is 608 g/mol. The summed E-state index contributed by atoms with van der Waals surface area (Å²) in [4.78, 5) is 26.7. The Bertz CT molecular complexity index is 1070. The van der Waals surface area contributed by atoms with Crippen LogP contribution in [0.25, 0.3) is 0 Å². The minimum atomic E-state index is -3.53. The zero-order valence-corrected chi connectivity index (χ0v) is 26.0. The van der Waals surface area contributed by atoms with Gasteiger partial charge in [0.2, 0.25) is 0 Å². The average Bonchev–Trinajstić information content (AvgIpc) is 2.91. The van der Waals surface area contributed by atoms with Crippen molar-refractivity contribution in [3.8, 4) is 6.07 Å². The third kappa shape index (κ3) is 12.8. The summed E-state index contributed by atoms with van der Waals surface area (Å²) in [7, 11) is -1.16. The van der Waals surface area contributed by atoms with Crippen LogP contribution in [0.4, 0.5) is 0 Å². The minimum Gasteiger partial charge on any atom is -0.382 e. The van der Waals surface area contributed by atoms with Crippen LogP contribution in [0.1, 0.15) is 40.3 Å². The number of H-pyrrole nitrogens is 1. The lowest BCUT2D eigenvalue weighted by molar-refractivity contribution is -0.0896. The zero-order valence-electron chi connectivity index (χ0n) is 24.2. The number of ether oxygens (including phenoxy) is 3. The Hall–Kier alpha value is -1.75. The normalized spacial score (nSPS) is 14.7. The molecule has 228 valence electrons. The molecule has 0 aliphatic rings. The van der Waals surface area contributed by atoms with Crippen molar-refractivity contribution in [3.05, 3.63) is 45.0 Å². The maximum atomic E-state index is 12.7. The molecule has 0 aliphatic carbocycles. The summed E-state index contributed by atoms with van der Waals surface area (Å²) < 4.78 is 54.7. The van der Waals surface area contributed by atoms with Crippen LogP contribution in [0.15, 0.2) is 33.7 Å². The third-order valence-electron chi connectivity index (χ3n) is 5.19. The van der Waals surface area contributed by atoms with Gasteiger partial charge >= 0.3 is 13.3 Å². The highest BCUT2D eigenvalue weighted by Gasteiger charge is 2.30. The van der Waals surface area contributed by atoms with Crippen molar-refractivity contribution in [3.63, 3.8) is 0 Å². The number of rotatable bonds is 21. The summed E-state index contributed by atoms with van der Waals surface area (Å²) in [6, 6.07) is 3.32. The molecular weight excluding hydrogens is 566 g/mol. The van der Waals surface area contributed by atoms with Crippen molar-refractivity contribution < 1.29 is 36.9 Å². The molecule has 0 spiro atoms. The van der Waals surface area contributed by atoms with Crippen LogP contribution in [0.3, 0.4) is 0 Å². The number of aromatic nitrogens is 2. The lowest BCUT2D eigenvalue weighted by Crippen LogP contribution is -2.38. The van der Waals surface area contributed by atoms with E-state index in [0.717, 1.165) is 0 Å². The van der Waals surface area contributed by atoms with Crippen LogP contribution < -0.4 is 11.2 Å². The first-order chi connectivity index (χ1) is 19.0. The van der Waals surface area contributed by atoms with E-state index in [4.69, 9.17) is 37.6 Å². The van der Waals surface area contributed by atoms with Gasteiger partial charge in [-0.25, -0.2) is 9.46 Å². The summed E-state index contributed by atoms with van der Waals surface area (Å²) in [5.41, 5.74) is -1.29. The summed E-state index contributed by atoms with van der Waals surface area (Å²) in [5, 5.41) is 8.97. The Labute approximate surface area is 236 Å². The molecule has 0 bridgehead atoms. The molecule has 3 atom stereocenters. The van der Waals surface area contributed by atoms with Crippen molar-refractivity contribution >= 4 is 16.1 Å². The third-order valence-corrected chi connectivity index (χ3v) is 8.82. The highest BCUT2D eigenvalue weighted by Crippen LogP contribution is 2.48. The van der Waals surface area contributed by atoms with Crippen LogP contribution in [0.2, 0.25) is 0 Å². The number of nitrogens with zero attached hydrogens (tertiary/aromatic N) is 3. The van der Waals surface area contributed by atoms with Crippen LogP contribution in [0.5, 0.6) is 0 Å². The van der Waals surface area contributed by atoms with Crippen LogP contribution in [0, 0.1) is 11.3 Å². The molecule has 40 heavy (non-hydrogen) atoms. The Kier molecular flexibility index (Phi) is 17.6. The van der Waals surface area contributed by atoms with Gasteiger partial charge in [0.05, 0.1) is 38.9 Å². The summed E-state index contributed by atoms with van der Waals surface area (Å²) in [6.07, 6.45) is 1.000. The second kappa shape index (κ2) is 19.4. The Morgan fingerprint density at radius 3 is 2.30 bits per heavy atom. The smallest absolute Gasteiger partial charge is 0.353 e. The van der Waals surface area contributed by atoms with Gasteiger partial charge in [0.15, 0.2) is 6.23 Å². The fraction of sp³-hybridized carbons (Fsp3) is 0.708. The first kappa shape index (κ1) is 36.3. The molecule has 0 radical (unpaired) electrons. The van der Waals surface area contributed by atoms with E-state index in [1.54, 1.807) is 0 Å². The van der Waals surface area contributed by atoms with E-state index < -0.39 is 39.7 Å². The SMILES string of the molecule is COCCOC[C@@H](/C=C/P(=O)(OC)OC)O[C@H](COP(OCCC#N)N(C(C)C)C(C)C)n1ccc(=O)[nH]c1=O. The van der Waals surface area contributed by atoms with E-state index in [9.17, 15) is 14.2 Å². The van der Waals surface area contributed by atoms with Gasteiger partial charge in [-0.2, -0.15) is 5.26 Å². The van der Waals surface area contributed by atoms with Crippen LogP contribution in [-0.4, -0.2) is 86.8 Å². The van der Waals surface area contributed by atoms with Crippen LogP contribution >= 0.6 is 16.1 Å². The molecule has 1 heterocycles. The van der Waals surface area contributed by atoms with Gasteiger partial charge in [-0.3, -0.25) is 18.9 Å². The Morgan fingerprint density at radius 2 is 1.75 bits per heavy atom. The highest BCUT2D eigenvalue weighted by atomic mass is 31.2. The maximum absolute atomic E-state index is 12.7. The van der Waals surface area contributed by atoms with Gasteiger partial charge in [0.25, 0.3) is 14.1 Å². The van der Waals surface area contributed by atoms with Crippen molar-refractivity contribution in [2.24, 2.45) is 0 Å². The van der Waals surface area contributed by atoms with Crippen molar-refractivity contribution in [2.75, 3.05) is 54.4 Å². The van der Waals surface area contributed by atoms with Crippen molar-refractivity contribution in [1.82, 2.24) is 14.2 Å². The molecule has 0 fully saturated rings. The Balaban J connectivity index is 3.37. The molecule has 1 unspecified atom stereocenters. The van der Waals surface area contributed by atoms with E-state index in [0.29, 0.717) is 6.61 Å². The van der Waals surface area contributed by atoms with Gasteiger partial charge in [-0.15, -0.1) is 0 Å². The number of nitrogens with one attached hydrogen (secondary N) is 1. The molecule has 1 aromatic rings. The number of nitriles is 1. The lowest BCUT2D eigenvalue weighted by atomic mass is 10.3. The predicted molar refractivity (Wildman–Crippen MR) is 150 cm³/mol. The standard InChI is InChI=1S/C24H42N4O10P2/c1-19(2)28(20(3)4)39(36-13-8-11-25)37-18-23(27-12-9-22(29)26-24(27)30)38-21(17-35-15-14-32-5)10-16-40(31,33-6)34-7/h9-10,12,16,19-21,23H,8,13-15,17-18H2,1-7H3,(H,26,29,30)/b16-10+/t21-,23-,39?/m1/s1. The Morgan fingerprint density at radius 1 is 1.07 bits per heavy atom. The minimum absolute atomic E-state index is 0.000559. The summed E-state index contributed by atoms with van der Waals surface area (Å²) in [6.45, 7) is 8.55. The maximum Gasteiger partial charge on any atom is 0.353 e. The van der Waals surface area contributed by atoms with Crippen molar-refractivity contribution in [2.45, 2.75) is 58.5 Å². The fourth-order valence-corrected chi connectivity index (χ4v) is 5.75. The van der Waals surface area contributed by atoms with Gasteiger partial charge < -0.3 is 32.3 Å². The largest absolute Gasteiger partial charge is 0.382 e. The average molecular weight is 609 g/mol. The molecule has 1 N–H and O–H groups in total. The van der Waals surface area contributed by atoms with Gasteiger partial charge in [-0.1, -0.05) is 0 Å². The second-order valence-corrected chi connectivity index (χ2v) is 12.4. The first-order valence-corrected chi connectivity index (χ1v) is 15.4. The molecule has 0 aliphatic heterocycles. The molecule has 0 saturated heterocycles. The predicted octanol–water partition coefficient (Wildman–Crippen LogP) is 3.38. The van der Waals surface area contributed by atoms with Gasteiger partial charge in [-0.05, 0) is 33.8 Å². The summed E-state index contributed by atoms with van der Waals surface area (Å²) in [5.74, 6) is 1.24. The number of aromatic amines is 1. The molecular formula is C24H42N4O10P2. The molecule has 0 saturated carbocycles. The van der Waals surface area contributed by atoms with E-state index in [-0.39, 0.29) is 44.9 Å². The van der Waals surface area contributed by atoms with Gasteiger partial charge in [0, 0.05) is 51.5 Å². The fourth-order valence-electron chi connectivity index (χ4n) is 3.36. The number of hydrogen-bond acceptors (Lipinski definition) is 12. The number of methoxy groups -OCH3 is 1. The summed E-state index contributed by atoms with van der Waals surface area (Å²) >= 11 is 0. The van der Waals surface area contributed by atoms with E-state index in [2.05, 4.69) is 4.98 Å². The van der Waals surface area contributed by atoms with Gasteiger partial charge in [0.1, 0.15) is 12.7 Å². The molecule has 0 aromatic carbocycles. The molecule has 1 aromatic heterocycles. The molecule has 1 rings (SSSR count). The van der Waals surface area contributed by atoms with Crippen molar-refractivity contribution in [1.29, 1.82) is 5.26 Å². The lowest BCUT2D eigenvalue weighted by Gasteiger charge is -2.36. The van der Waals surface area contributed by atoms with Crippen LogP contribution in [-0.2, 0) is 36.9 Å². The first-order valence-electron chi connectivity index (χ1n) is 12.7. The quantitative estimate of drug-likeness (QED) is 0.160.